The van der Waals surface area contributed by atoms with Crippen molar-refractivity contribution in [1.29, 1.82) is 0 Å². The maximum absolute atomic E-state index is 10.7. The fraction of sp³-hybridized carbons (Fsp3) is 0.387. The van der Waals surface area contributed by atoms with Gasteiger partial charge >= 0.3 is 0 Å². The van der Waals surface area contributed by atoms with Crippen LogP contribution in [-0.2, 0) is 12.2 Å². The van der Waals surface area contributed by atoms with E-state index in [-0.39, 0.29) is 0 Å². The zero-order valence-electron chi connectivity index (χ0n) is 22.0. The lowest BCUT2D eigenvalue weighted by atomic mass is 9.90. The quantitative estimate of drug-likeness (QED) is 0.400. The molecule has 2 aliphatic heterocycles. The van der Waals surface area contributed by atoms with E-state index in [1.54, 1.807) is 0 Å². The van der Waals surface area contributed by atoms with Crippen molar-refractivity contribution in [2.75, 3.05) is 31.1 Å². The third kappa shape index (κ3) is 5.69. The van der Waals surface area contributed by atoms with Crippen LogP contribution in [0.4, 0.5) is 5.69 Å². The van der Waals surface area contributed by atoms with Crippen molar-refractivity contribution >= 4 is 22.9 Å². The second-order valence-corrected chi connectivity index (χ2v) is 10.9. The Morgan fingerprint density at radius 2 is 1.97 bits per heavy atom. The normalized spacial score (nSPS) is 18.7. The third-order valence-electron chi connectivity index (χ3n) is 7.50. The summed E-state index contributed by atoms with van der Waals surface area (Å²) in [6.45, 7) is 10.4. The number of rotatable bonds is 7. The molecule has 0 saturated carbocycles. The van der Waals surface area contributed by atoms with Crippen molar-refractivity contribution in [2.24, 2.45) is 0 Å². The molecule has 0 unspecified atom stereocenters. The van der Waals surface area contributed by atoms with E-state index in [1.165, 1.54) is 5.69 Å². The van der Waals surface area contributed by atoms with Crippen molar-refractivity contribution in [3.63, 3.8) is 0 Å². The molecule has 1 saturated heterocycles. The van der Waals surface area contributed by atoms with E-state index >= 15 is 0 Å². The number of pyridine rings is 1. The van der Waals surface area contributed by atoms with E-state index in [2.05, 4.69) is 52.0 Å². The Kier molecular flexibility index (Phi) is 7.57. The Balaban J connectivity index is 1.35. The summed E-state index contributed by atoms with van der Waals surface area (Å²) < 4.78 is 6.15. The maximum atomic E-state index is 10.7. The number of fused-ring (bicyclic) bond motifs is 2. The van der Waals surface area contributed by atoms with Gasteiger partial charge in [0.2, 0.25) is 0 Å². The average Bonchev–Trinajstić information content (AvgIpc) is 3.28. The standard InChI is InChI=1S/C31H36ClN3O2/c1-4-35(24-12-10-23(32)11-13-24)25-15-18-34(20-25)17-6-8-26-27-7-5-16-33-29(27)21-37-30-14-9-22(19-28(26)30)31(2,3)36/h5,7-14,16,19,25,36H,4,6,15,17-18,20-21H2,1-3H3/t25-/m1/s1. The first kappa shape index (κ1) is 25.8. The number of hydrogen-bond donors (Lipinski definition) is 1. The Hall–Kier alpha value is -2.86. The van der Waals surface area contributed by atoms with Crippen LogP contribution in [0.1, 0.15) is 56.0 Å². The highest BCUT2D eigenvalue weighted by Crippen LogP contribution is 2.38. The number of nitrogens with zero attached hydrogens (tertiary/aromatic N) is 3. The molecule has 3 aromatic rings. The highest BCUT2D eigenvalue weighted by Gasteiger charge is 2.27. The Labute approximate surface area is 225 Å². The number of hydrogen-bond acceptors (Lipinski definition) is 5. The third-order valence-corrected chi connectivity index (χ3v) is 7.75. The van der Waals surface area contributed by atoms with Crippen LogP contribution >= 0.6 is 11.6 Å². The molecule has 0 aliphatic carbocycles. The lowest BCUT2D eigenvalue weighted by Crippen LogP contribution is -2.37. The molecule has 3 heterocycles. The molecular weight excluding hydrogens is 482 g/mol. The summed E-state index contributed by atoms with van der Waals surface area (Å²) in [7, 11) is 0. The van der Waals surface area contributed by atoms with Crippen molar-refractivity contribution in [1.82, 2.24) is 9.88 Å². The Morgan fingerprint density at radius 3 is 2.73 bits per heavy atom. The summed E-state index contributed by atoms with van der Waals surface area (Å²) >= 11 is 6.11. The Bertz CT molecular complexity index is 1270. The van der Waals surface area contributed by atoms with Crippen LogP contribution in [0.5, 0.6) is 5.75 Å². The predicted octanol–water partition coefficient (Wildman–Crippen LogP) is 6.28. The van der Waals surface area contributed by atoms with Crippen LogP contribution in [0.3, 0.4) is 0 Å². The molecule has 2 aromatic carbocycles. The topological polar surface area (TPSA) is 48.8 Å². The van der Waals surface area contributed by atoms with Crippen molar-refractivity contribution in [2.45, 2.75) is 51.9 Å². The molecule has 0 bridgehead atoms. The molecule has 2 aliphatic rings. The predicted molar refractivity (Wildman–Crippen MR) is 151 cm³/mol. The van der Waals surface area contributed by atoms with Crippen molar-refractivity contribution < 1.29 is 9.84 Å². The van der Waals surface area contributed by atoms with Gasteiger partial charge in [-0.3, -0.25) is 4.98 Å². The van der Waals surface area contributed by atoms with Crippen LogP contribution in [0, 0.1) is 0 Å². The Morgan fingerprint density at radius 1 is 1.16 bits per heavy atom. The molecule has 1 aromatic heterocycles. The van der Waals surface area contributed by atoms with Gasteiger partial charge in [0.25, 0.3) is 0 Å². The van der Waals surface area contributed by atoms with Gasteiger partial charge in [-0.25, -0.2) is 0 Å². The van der Waals surface area contributed by atoms with E-state index in [9.17, 15) is 5.11 Å². The molecule has 1 fully saturated rings. The zero-order valence-corrected chi connectivity index (χ0v) is 22.7. The van der Waals surface area contributed by atoms with Crippen LogP contribution in [-0.4, -0.2) is 47.2 Å². The largest absolute Gasteiger partial charge is 0.487 e. The van der Waals surface area contributed by atoms with E-state index in [4.69, 9.17) is 16.3 Å². The molecule has 194 valence electrons. The van der Waals surface area contributed by atoms with E-state index in [0.29, 0.717) is 12.6 Å². The minimum Gasteiger partial charge on any atom is -0.487 e. The van der Waals surface area contributed by atoms with Gasteiger partial charge in [0.05, 0.1) is 11.3 Å². The summed E-state index contributed by atoms with van der Waals surface area (Å²) in [4.78, 5) is 9.66. The van der Waals surface area contributed by atoms with Gasteiger partial charge in [-0.15, -0.1) is 0 Å². The fourth-order valence-corrected chi connectivity index (χ4v) is 5.63. The van der Waals surface area contributed by atoms with Crippen LogP contribution in [0.25, 0.3) is 5.57 Å². The zero-order chi connectivity index (χ0) is 26.0. The lowest BCUT2D eigenvalue weighted by Gasteiger charge is -2.30. The van der Waals surface area contributed by atoms with Gasteiger partial charge in [-0.2, -0.15) is 0 Å². The van der Waals surface area contributed by atoms with Gasteiger partial charge in [0.1, 0.15) is 12.4 Å². The van der Waals surface area contributed by atoms with Gasteiger partial charge in [-0.05, 0) is 87.2 Å². The van der Waals surface area contributed by atoms with Crippen LogP contribution < -0.4 is 9.64 Å². The summed E-state index contributed by atoms with van der Waals surface area (Å²) in [5.74, 6) is 0.833. The van der Waals surface area contributed by atoms with Crippen molar-refractivity contribution in [3.8, 4) is 5.75 Å². The number of aliphatic hydroxyl groups is 1. The van der Waals surface area contributed by atoms with Gasteiger partial charge in [0.15, 0.2) is 0 Å². The van der Waals surface area contributed by atoms with Crippen LogP contribution in [0.2, 0.25) is 5.02 Å². The summed E-state index contributed by atoms with van der Waals surface area (Å²) in [5, 5.41) is 11.4. The molecule has 1 N–H and O–H groups in total. The molecule has 0 amide bonds. The highest BCUT2D eigenvalue weighted by molar-refractivity contribution is 6.30. The number of aromatic nitrogens is 1. The average molecular weight is 518 g/mol. The molecule has 6 heteroatoms. The second kappa shape index (κ2) is 10.9. The van der Waals surface area contributed by atoms with E-state index in [0.717, 1.165) is 77.8 Å². The molecule has 1 atom stereocenters. The lowest BCUT2D eigenvalue weighted by molar-refractivity contribution is 0.0785. The van der Waals surface area contributed by atoms with Crippen LogP contribution in [0.15, 0.2) is 66.9 Å². The monoisotopic (exact) mass is 517 g/mol. The number of halogens is 1. The minimum atomic E-state index is -0.927. The number of likely N-dealkylation sites (N-methyl/N-ethyl adjacent to an activating group) is 1. The summed E-state index contributed by atoms with van der Waals surface area (Å²) in [5.41, 5.74) is 5.38. The first-order valence-electron chi connectivity index (χ1n) is 13.2. The second-order valence-electron chi connectivity index (χ2n) is 10.5. The number of ether oxygens (including phenoxy) is 1. The SMILES string of the molecule is CCN(c1ccc(Cl)cc1)[C@@H]1CCN(CCC=C2c3cc(C(C)(C)O)ccc3OCc3ncccc32)C1. The fourth-order valence-electron chi connectivity index (χ4n) is 5.50. The van der Waals surface area contributed by atoms with Crippen molar-refractivity contribution in [3.05, 3.63) is 94.3 Å². The first-order valence-corrected chi connectivity index (χ1v) is 13.6. The van der Waals surface area contributed by atoms with Gasteiger partial charge in [-0.1, -0.05) is 29.8 Å². The summed E-state index contributed by atoms with van der Waals surface area (Å²) in [6, 6.07) is 18.8. The molecule has 5 nitrogen and oxygen atoms in total. The number of likely N-dealkylation sites (tertiary alicyclic amines) is 1. The molecule has 0 spiro atoms. The van der Waals surface area contributed by atoms with Gasteiger partial charge in [0, 0.05) is 60.3 Å². The molecule has 37 heavy (non-hydrogen) atoms. The number of anilines is 1. The summed E-state index contributed by atoms with van der Waals surface area (Å²) in [6.07, 6.45) is 6.23. The molecule has 0 radical (unpaired) electrons. The molecular formula is C31H36ClN3O2. The molecule has 5 rings (SSSR count). The van der Waals surface area contributed by atoms with E-state index in [1.807, 2.05) is 50.4 Å². The van der Waals surface area contributed by atoms with E-state index < -0.39 is 5.60 Å². The smallest absolute Gasteiger partial charge is 0.131 e. The highest BCUT2D eigenvalue weighted by atomic mass is 35.5. The minimum absolute atomic E-state index is 0.438. The first-order chi connectivity index (χ1) is 17.8. The maximum Gasteiger partial charge on any atom is 0.131 e. The number of benzene rings is 2. The van der Waals surface area contributed by atoms with Gasteiger partial charge < -0.3 is 19.6 Å².